The fourth-order valence-corrected chi connectivity index (χ4v) is 1.49. The second-order valence-electron chi connectivity index (χ2n) is 3.66. The molecule has 2 atom stereocenters. The lowest BCUT2D eigenvalue weighted by atomic mass is 9.87. The molecule has 6 heteroatoms. The second-order valence-corrected chi connectivity index (χ2v) is 4.40. The molecule has 0 aromatic rings. The van der Waals surface area contributed by atoms with E-state index in [0.29, 0.717) is 6.42 Å². The van der Waals surface area contributed by atoms with Crippen molar-refractivity contribution in [3.05, 3.63) is 0 Å². The average Bonchev–Trinajstić information content (AvgIpc) is 1.82. The van der Waals surface area contributed by atoms with Crippen LogP contribution in [0.1, 0.15) is 27.2 Å². The van der Waals surface area contributed by atoms with Crippen molar-refractivity contribution in [2.45, 2.75) is 33.2 Å². The number of carboxylic acid groups (broad SMARTS) is 1. The summed E-state index contributed by atoms with van der Waals surface area (Å²) in [6, 6.07) is -0.308. The highest BCUT2D eigenvalue weighted by Gasteiger charge is 2.29. The minimum Gasteiger partial charge on any atom is -0.481 e. The van der Waals surface area contributed by atoms with Crippen LogP contribution in [0.2, 0.25) is 0 Å². The summed E-state index contributed by atoms with van der Waals surface area (Å²) >= 11 is -2.09. The number of rotatable bonds is 5. The zero-order valence-electron chi connectivity index (χ0n) is 7.90. The van der Waals surface area contributed by atoms with Gasteiger partial charge in [-0.05, 0) is 27.2 Å². The van der Waals surface area contributed by atoms with Gasteiger partial charge in [-0.25, -0.2) is 8.93 Å². The van der Waals surface area contributed by atoms with Crippen LogP contribution in [-0.2, 0) is 16.1 Å². The molecule has 5 nitrogen and oxygen atoms in total. The summed E-state index contributed by atoms with van der Waals surface area (Å²) in [5, 5.41) is 8.76. The maximum atomic E-state index is 10.7. The van der Waals surface area contributed by atoms with Crippen LogP contribution < -0.4 is 4.72 Å². The first-order valence-corrected chi connectivity index (χ1v) is 4.97. The topological polar surface area (TPSA) is 86.6 Å². The second kappa shape index (κ2) is 4.69. The average molecular weight is 209 g/mol. The van der Waals surface area contributed by atoms with E-state index in [2.05, 4.69) is 4.72 Å². The monoisotopic (exact) mass is 209 g/mol. The fourth-order valence-electron chi connectivity index (χ4n) is 1.07. The van der Waals surface area contributed by atoms with Crippen LogP contribution in [0.25, 0.3) is 0 Å². The van der Waals surface area contributed by atoms with Gasteiger partial charge in [0.05, 0.1) is 5.41 Å². The van der Waals surface area contributed by atoms with E-state index in [9.17, 15) is 9.00 Å². The number of carboxylic acids is 1. The highest BCUT2D eigenvalue weighted by Crippen LogP contribution is 2.22. The summed E-state index contributed by atoms with van der Waals surface area (Å²) in [6.45, 7) is 4.82. The van der Waals surface area contributed by atoms with Gasteiger partial charge in [0.2, 0.25) is 11.3 Å². The first-order valence-electron chi connectivity index (χ1n) is 3.86. The van der Waals surface area contributed by atoms with Crippen LogP contribution in [-0.4, -0.2) is 25.9 Å². The van der Waals surface area contributed by atoms with E-state index in [1.165, 1.54) is 0 Å². The fraction of sp³-hybridized carbons (Fsp3) is 0.857. The Bertz CT molecular complexity index is 217. The Kier molecular flexibility index (Phi) is 4.52. The van der Waals surface area contributed by atoms with Crippen LogP contribution in [0, 0.1) is 5.41 Å². The Labute approximate surface area is 79.9 Å². The van der Waals surface area contributed by atoms with E-state index < -0.39 is 22.7 Å². The van der Waals surface area contributed by atoms with Gasteiger partial charge in [0.25, 0.3) is 0 Å². The molecule has 0 radical (unpaired) electrons. The van der Waals surface area contributed by atoms with Gasteiger partial charge in [0.1, 0.15) is 0 Å². The lowest BCUT2D eigenvalue weighted by molar-refractivity contribution is -0.147. The summed E-state index contributed by atoms with van der Waals surface area (Å²) in [4.78, 5) is 10.7. The van der Waals surface area contributed by atoms with Crippen LogP contribution in [0.3, 0.4) is 0 Å². The molecule has 0 amide bonds. The molecule has 0 rings (SSSR count). The van der Waals surface area contributed by atoms with Crippen molar-refractivity contribution in [1.29, 1.82) is 0 Å². The summed E-state index contributed by atoms with van der Waals surface area (Å²) in [6.07, 6.45) is 0.300. The maximum absolute atomic E-state index is 10.7. The van der Waals surface area contributed by atoms with Gasteiger partial charge in [0.15, 0.2) is 0 Å². The third-order valence-corrected chi connectivity index (χ3v) is 2.30. The Balaban J connectivity index is 4.11. The first kappa shape index (κ1) is 12.5. The molecular weight excluding hydrogens is 194 g/mol. The Hall–Kier alpha value is -0.460. The molecular formula is C7H15NO4S. The molecule has 0 aliphatic rings. The summed E-state index contributed by atoms with van der Waals surface area (Å²) in [5.74, 6) is -0.912. The van der Waals surface area contributed by atoms with Crippen molar-refractivity contribution in [3.8, 4) is 0 Å². The maximum Gasteiger partial charge on any atom is 0.309 e. The zero-order chi connectivity index (χ0) is 10.6. The van der Waals surface area contributed by atoms with Crippen molar-refractivity contribution in [2.75, 3.05) is 0 Å². The highest BCUT2D eigenvalue weighted by molar-refractivity contribution is 7.77. The summed E-state index contributed by atoms with van der Waals surface area (Å²) in [5.41, 5.74) is -0.883. The van der Waals surface area contributed by atoms with Crippen LogP contribution >= 0.6 is 0 Å². The molecule has 0 spiro atoms. The Morgan fingerprint density at radius 3 is 2.38 bits per heavy atom. The van der Waals surface area contributed by atoms with Crippen LogP contribution in [0.5, 0.6) is 0 Å². The minimum atomic E-state index is -2.09. The van der Waals surface area contributed by atoms with E-state index >= 15 is 0 Å². The Morgan fingerprint density at radius 2 is 2.08 bits per heavy atom. The SMILES string of the molecule is CC(CC(C)(C)C(=O)O)NS(=O)O. The third-order valence-electron chi connectivity index (χ3n) is 1.70. The largest absolute Gasteiger partial charge is 0.481 e. The first-order chi connectivity index (χ1) is 5.75. The van der Waals surface area contributed by atoms with Gasteiger partial charge in [-0.1, -0.05) is 0 Å². The molecule has 2 unspecified atom stereocenters. The molecule has 0 aromatic heterocycles. The quantitative estimate of drug-likeness (QED) is 0.579. The van der Waals surface area contributed by atoms with Crippen molar-refractivity contribution >= 4 is 17.2 Å². The smallest absolute Gasteiger partial charge is 0.309 e. The van der Waals surface area contributed by atoms with Gasteiger partial charge in [-0.3, -0.25) is 9.35 Å². The number of hydrogen-bond acceptors (Lipinski definition) is 2. The van der Waals surface area contributed by atoms with E-state index in [1.54, 1.807) is 20.8 Å². The van der Waals surface area contributed by atoms with Gasteiger partial charge in [-0.15, -0.1) is 0 Å². The highest BCUT2D eigenvalue weighted by atomic mass is 32.2. The molecule has 0 aliphatic carbocycles. The zero-order valence-corrected chi connectivity index (χ0v) is 8.72. The van der Waals surface area contributed by atoms with Crippen LogP contribution in [0.4, 0.5) is 0 Å². The van der Waals surface area contributed by atoms with Crippen molar-refractivity contribution in [1.82, 2.24) is 4.72 Å². The van der Waals surface area contributed by atoms with E-state index in [1.807, 2.05) is 0 Å². The standard InChI is InChI=1S/C7H15NO4S/c1-5(8-13(11)12)4-7(2,3)6(9)10/h5,8H,4H2,1-3H3,(H,9,10)(H,11,12). The van der Waals surface area contributed by atoms with E-state index in [4.69, 9.17) is 9.66 Å². The van der Waals surface area contributed by atoms with Crippen LogP contribution in [0.15, 0.2) is 0 Å². The van der Waals surface area contributed by atoms with Crippen molar-refractivity contribution in [2.24, 2.45) is 5.41 Å². The molecule has 13 heavy (non-hydrogen) atoms. The molecule has 0 fully saturated rings. The molecule has 0 bridgehead atoms. The normalized spacial score (nSPS) is 16.6. The minimum absolute atomic E-state index is 0.300. The molecule has 78 valence electrons. The molecule has 0 saturated heterocycles. The lowest BCUT2D eigenvalue weighted by Gasteiger charge is -2.22. The molecule has 0 aromatic carbocycles. The Morgan fingerprint density at radius 1 is 1.62 bits per heavy atom. The number of carbonyl (C=O) groups is 1. The number of nitrogens with one attached hydrogen (secondary N) is 1. The molecule has 0 saturated carbocycles. The predicted octanol–water partition coefficient (Wildman–Crippen LogP) is 0.602. The van der Waals surface area contributed by atoms with E-state index in [0.717, 1.165) is 0 Å². The molecule has 0 heterocycles. The molecule has 0 aliphatic heterocycles. The van der Waals surface area contributed by atoms with Gasteiger partial charge in [-0.2, -0.15) is 0 Å². The van der Waals surface area contributed by atoms with Gasteiger partial charge in [0, 0.05) is 6.04 Å². The summed E-state index contributed by atoms with van der Waals surface area (Å²) < 4.78 is 21.1. The van der Waals surface area contributed by atoms with Crippen molar-refractivity contribution < 1.29 is 18.7 Å². The predicted molar refractivity (Wildman–Crippen MR) is 49.4 cm³/mol. The number of aliphatic carboxylic acids is 1. The number of hydrogen-bond donors (Lipinski definition) is 3. The lowest BCUT2D eigenvalue weighted by Crippen LogP contribution is -2.35. The van der Waals surface area contributed by atoms with Gasteiger partial charge >= 0.3 is 5.97 Å². The summed E-state index contributed by atoms with van der Waals surface area (Å²) in [7, 11) is 0. The van der Waals surface area contributed by atoms with Gasteiger partial charge < -0.3 is 5.11 Å². The third kappa shape index (κ3) is 4.97. The van der Waals surface area contributed by atoms with E-state index in [-0.39, 0.29) is 6.04 Å². The molecule has 3 N–H and O–H groups in total. The van der Waals surface area contributed by atoms with Crippen molar-refractivity contribution in [3.63, 3.8) is 0 Å².